The second-order valence-corrected chi connectivity index (χ2v) is 8.40. The Morgan fingerprint density at radius 3 is 2.53 bits per heavy atom. The van der Waals surface area contributed by atoms with Crippen LogP contribution in [0.5, 0.6) is 0 Å². The zero-order chi connectivity index (χ0) is 21.1. The molecule has 2 N–H and O–H groups in total. The van der Waals surface area contributed by atoms with Gasteiger partial charge >= 0.3 is 5.69 Å². The lowest BCUT2D eigenvalue weighted by Crippen LogP contribution is -2.46. The molecule has 160 valence electrons. The van der Waals surface area contributed by atoms with Gasteiger partial charge in [-0.15, -0.1) is 0 Å². The molecule has 0 unspecified atom stereocenters. The highest BCUT2D eigenvalue weighted by Gasteiger charge is 2.32. The third-order valence-electron chi connectivity index (χ3n) is 6.44. The number of aliphatic hydroxyl groups excluding tert-OH is 1. The van der Waals surface area contributed by atoms with E-state index in [0.29, 0.717) is 13.1 Å². The first-order chi connectivity index (χ1) is 14.6. The van der Waals surface area contributed by atoms with E-state index in [1.165, 1.54) is 0 Å². The van der Waals surface area contributed by atoms with E-state index in [4.69, 9.17) is 5.11 Å². The second kappa shape index (κ2) is 8.92. The zero-order valence-corrected chi connectivity index (χ0v) is 17.3. The van der Waals surface area contributed by atoms with Gasteiger partial charge in [0.1, 0.15) is 0 Å². The van der Waals surface area contributed by atoms with Crippen LogP contribution in [0.15, 0.2) is 53.6 Å². The van der Waals surface area contributed by atoms with Crippen LogP contribution in [0, 0.1) is 5.92 Å². The Bertz CT molecular complexity index is 989. The first-order valence-electron chi connectivity index (χ1n) is 10.8. The molecule has 7 heteroatoms. The average molecular weight is 411 g/mol. The zero-order valence-electron chi connectivity index (χ0n) is 17.3. The monoisotopic (exact) mass is 410 g/mol. The van der Waals surface area contributed by atoms with Crippen molar-refractivity contribution in [2.24, 2.45) is 5.92 Å². The fourth-order valence-electron chi connectivity index (χ4n) is 4.82. The smallest absolute Gasteiger partial charge is 0.326 e. The van der Waals surface area contributed by atoms with Gasteiger partial charge in [-0.25, -0.2) is 4.79 Å². The first-order valence-corrected chi connectivity index (χ1v) is 10.8. The Kier molecular flexibility index (Phi) is 6.08. The fraction of sp³-hybridized carbons (Fsp3) is 0.478. The predicted molar refractivity (Wildman–Crippen MR) is 117 cm³/mol. The van der Waals surface area contributed by atoms with E-state index in [1.807, 2.05) is 33.7 Å². The molecule has 2 saturated heterocycles. The summed E-state index contributed by atoms with van der Waals surface area (Å²) in [7, 11) is 0. The molecule has 2 aromatic rings. The number of aromatic nitrogens is 2. The predicted octanol–water partition coefficient (Wildman–Crippen LogP) is 2.83. The summed E-state index contributed by atoms with van der Waals surface area (Å²) in [5.41, 5.74) is 2.62. The third-order valence-corrected chi connectivity index (χ3v) is 6.44. The standard InChI is InChI=1S/C23H30N4O3/c1-17(10-15-28)16-25-11-6-18(7-12-25)22(29)26-13-8-19(9-14-26)27-21-5-3-2-4-20(21)24-23(27)30/h2-5,10,15,18-19,28H,1,6-9,11-14,16H2,(H,24,30)/b15-10-. The Hall–Kier alpha value is -2.80. The molecule has 0 atom stereocenters. The summed E-state index contributed by atoms with van der Waals surface area (Å²) in [6.45, 7) is 7.80. The third kappa shape index (κ3) is 4.21. The molecule has 1 amide bonds. The van der Waals surface area contributed by atoms with Crippen LogP contribution in [-0.4, -0.2) is 63.1 Å². The van der Waals surface area contributed by atoms with Gasteiger partial charge in [-0.05, 0) is 62.6 Å². The number of carbonyl (C=O) groups excluding carboxylic acids is 1. The van der Waals surface area contributed by atoms with Crippen LogP contribution in [0.2, 0.25) is 0 Å². The summed E-state index contributed by atoms with van der Waals surface area (Å²) >= 11 is 0. The minimum atomic E-state index is -0.0639. The number of piperidine rings is 2. The van der Waals surface area contributed by atoms with Crippen molar-refractivity contribution in [2.45, 2.75) is 31.7 Å². The number of likely N-dealkylation sites (tertiary alicyclic amines) is 2. The van der Waals surface area contributed by atoms with Crippen molar-refractivity contribution in [2.75, 3.05) is 32.7 Å². The highest BCUT2D eigenvalue weighted by Crippen LogP contribution is 2.27. The highest BCUT2D eigenvalue weighted by molar-refractivity contribution is 5.79. The summed E-state index contributed by atoms with van der Waals surface area (Å²) in [5, 5.41) is 8.84. The summed E-state index contributed by atoms with van der Waals surface area (Å²) in [6.07, 6.45) is 5.96. The minimum absolute atomic E-state index is 0.0639. The van der Waals surface area contributed by atoms with Crippen molar-refractivity contribution < 1.29 is 9.90 Å². The van der Waals surface area contributed by atoms with Crippen molar-refractivity contribution in [3.05, 3.63) is 59.2 Å². The number of para-hydroxylation sites is 2. The molecule has 0 aliphatic carbocycles. The number of hydrogen-bond acceptors (Lipinski definition) is 4. The van der Waals surface area contributed by atoms with Crippen LogP contribution >= 0.6 is 0 Å². The molecule has 0 radical (unpaired) electrons. The SMILES string of the molecule is C=C(/C=C\O)CN1CCC(C(=O)N2CCC(n3c(=O)[nH]c4ccccc43)CC2)CC1. The van der Waals surface area contributed by atoms with Crippen LogP contribution in [0.1, 0.15) is 31.7 Å². The molecule has 2 fully saturated rings. The molecule has 30 heavy (non-hydrogen) atoms. The van der Waals surface area contributed by atoms with Crippen molar-refractivity contribution in [3.63, 3.8) is 0 Å². The van der Waals surface area contributed by atoms with E-state index < -0.39 is 0 Å². The largest absolute Gasteiger partial charge is 0.516 e. The van der Waals surface area contributed by atoms with Gasteiger partial charge in [-0.2, -0.15) is 0 Å². The molecule has 0 saturated carbocycles. The number of nitrogens with zero attached hydrogens (tertiary/aromatic N) is 3. The topological polar surface area (TPSA) is 81.6 Å². The maximum atomic E-state index is 13.0. The number of nitrogens with one attached hydrogen (secondary N) is 1. The number of amides is 1. The highest BCUT2D eigenvalue weighted by atomic mass is 16.2. The van der Waals surface area contributed by atoms with Crippen LogP contribution in [0.25, 0.3) is 11.0 Å². The number of aliphatic hydroxyl groups is 1. The molecule has 2 aliphatic heterocycles. The van der Waals surface area contributed by atoms with E-state index in [9.17, 15) is 9.59 Å². The number of carbonyl (C=O) groups is 1. The molecule has 7 nitrogen and oxygen atoms in total. The Balaban J connectivity index is 1.31. The number of H-pyrrole nitrogens is 1. The number of rotatable bonds is 5. The van der Waals surface area contributed by atoms with Crippen LogP contribution in [-0.2, 0) is 4.79 Å². The normalized spacial score (nSPS) is 19.7. The molecular formula is C23H30N4O3. The van der Waals surface area contributed by atoms with Gasteiger partial charge in [0.25, 0.3) is 0 Å². The number of aromatic amines is 1. The van der Waals surface area contributed by atoms with Gasteiger partial charge in [-0.3, -0.25) is 14.3 Å². The maximum Gasteiger partial charge on any atom is 0.326 e. The van der Waals surface area contributed by atoms with Gasteiger partial charge in [0.05, 0.1) is 17.3 Å². The van der Waals surface area contributed by atoms with Gasteiger partial charge in [-0.1, -0.05) is 18.7 Å². The summed E-state index contributed by atoms with van der Waals surface area (Å²) < 4.78 is 1.86. The van der Waals surface area contributed by atoms with E-state index in [2.05, 4.69) is 16.5 Å². The van der Waals surface area contributed by atoms with E-state index in [0.717, 1.165) is 68.2 Å². The Morgan fingerprint density at radius 2 is 1.83 bits per heavy atom. The lowest BCUT2D eigenvalue weighted by Gasteiger charge is -2.37. The van der Waals surface area contributed by atoms with E-state index in [-0.39, 0.29) is 23.6 Å². The number of imidazole rings is 1. The summed E-state index contributed by atoms with van der Waals surface area (Å²) in [4.78, 5) is 32.7. The maximum absolute atomic E-state index is 13.0. The molecule has 1 aromatic carbocycles. The second-order valence-electron chi connectivity index (χ2n) is 8.40. The average Bonchev–Trinajstić information content (AvgIpc) is 3.10. The van der Waals surface area contributed by atoms with Crippen molar-refractivity contribution in [1.29, 1.82) is 0 Å². The molecule has 1 aromatic heterocycles. The number of fused-ring (bicyclic) bond motifs is 1. The first kappa shape index (κ1) is 20.5. The Labute approximate surface area is 176 Å². The molecule has 3 heterocycles. The Morgan fingerprint density at radius 1 is 1.13 bits per heavy atom. The van der Waals surface area contributed by atoms with Gasteiger partial charge in [0, 0.05) is 31.6 Å². The molecule has 0 spiro atoms. The summed E-state index contributed by atoms with van der Waals surface area (Å²) in [5.74, 6) is 0.337. The fourth-order valence-corrected chi connectivity index (χ4v) is 4.82. The molecular weight excluding hydrogens is 380 g/mol. The van der Waals surface area contributed by atoms with Crippen molar-refractivity contribution in [3.8, 4) is 0 Å². The van der Waals surface area contributed by atoms with E-state index in [1.54, 1.807) is 6.08 Å². The van der Waals surface area contributed by atoms with Crippen molar-refractivity contribution >= 4 is 16.9 Å². The molecule has 2 aliphatic rings. The quantitative estimate of drug-likeness (QED) is 0.587. The van der Waals surface area contributed by atoms with Gasteiger partial charge < -0.3 is 15.0 Å². The van der Waals surface area contributed by atoms with Gasteiger partial charge in [0.15, 0.2) is 0 Å². The number of benzene rings is 1. The van der Waals surface area contributed by atoms with Gasteiger partial charge in [0.2, 0.25) is 5.91 Å². The van der Waals surface area contributed by atoms with Crippen molar-refractivity contribution in [1.82, 2.24) is 19.4 Å². The van der Waals surface area contributed by atoms with Crippen LogP contribution < -0.4 is 5.69 Å². The minimum Gasteiger partial charge on any atom is -0.516 e. The van der Waals surface area contributed by atoms with Crippen LogP contribution in [0.3, 0.4) is 0 Å². The number of hydrogen-bond donors (Lipinski definition) is 2. The molecule has 0 bridgehead atoms. The van der Waals surface area contributed by atoms with E-state index >= 15 is 0 Å². The lowest BCUT2D eigenvalue weighted by molar-refractivity contribution is -0.138. The summed E-state index contributed by atoms with van der Waals surface area (Å²) in [6, 6.07) is 7.91. The lowest BCUT2D eigenvalue weighted by atomic mass is 9.93. The van der Waals surface area contributed by atoms with Crippen LogP contribution in [0.4, 0.5) is 0 Å². The molecule has 4 rings (SSSR count).